The van der Waals surface area contributed by atoms with Gasteiger partial charge >= 0.3 is 0 Å². The molecule has 2 unspecified atom stereocenters. The Bertz CT molecular complexity index is 429. The van der Waals surface area contributed by atoms with Crippen molar-refractivity contribution in [3.8, 4) is 0 Å². The number of hydrogen-bond donors (Lipinski definition) is 1. The third-order valence-corrected chi connectivity index (χ3v) is 4.57. The molecule has 19 heavy (non-hydrogen) atoms. The molecule has 1 aliphatic carbocycles. The van der Waals surface area contributed by atoms with Crippen molar-refractivity contribution in [1.82, 2.24) is 0 Å². The maximum atomic E-state index is 13.7. The Morgan fingerprint density at radius 3 is 2.79 bits per heavy atom. The Balaban J connectivity index is 2.15. The first-order valence-electron chi connectivity index (χ1n) is 7.54. The maximum absolute atomic E-state index is 13.7. The predicted molar refractivity (Wildman–Crippen MR) is 76.5 cm³/mol. The van der Waals surface area contributed by atoms with Crippen LogP contribution in [0.4, 0.5) is 4.39 Å². The average molecular weight is 264 g/mol. The minimum absolute atomic E-state index is 0.208. The largest absolute Gasteiger partial charge is 0.385 e. The summed E-state index contributed by atoms with van der Waals surface area (Å²) in [6.07, 6.45) is 7.28. The summed E-state index contributed by atoms with van der Waals surface area (Å²) in [7, 11) is 0. The second-order valence-corrected chi connectivity index (χ2v) is 6.08. The fourth-order valence-electron chi connectivity index (χ4n) is 3.26. The van der Waals surface area contributed by atoms with E-state index in [1.807, 2.05) is 6.07 Å². The molecule has 1 aromatic carbocycles. The molecule has 0 amide bonds. The van der Waals surface area contributed by atoms with Crippen LogP contribution in [0.25, 0.3) is 0 Å². The molecular formula is C17H25FO. The van der Waals surface area contributed by atoms with E-state index in [0.29, 0.717) is 5.56 Å². The van der Waals surface area contributed by atoms with Crippen molar-refractivity contribution in [2.45, 2.75) is 64.4 Å². The van der Waals surface area contributed by atoms with E-state index in [0.717, 1.165) is 37.2 Å². The first-order valence-corrected chi connectivity index (χ1v) is 7.54. The van der Waals surface area contributed by atoms with Gasteiger partial charge in [0.05, 0.1) is 5.60 Å². The second-order valence-electron chi connectivity index (χ2n) is 6.08. The molecule has 106 valence electrons. The van der Waals surface area contributed by atoms with Gasteiger partial charge in [-0.25, -0.2) is 4.39 Å². The Labute approximate surface area is 115 Å². The molecule has 2 atom stereocenters. The molecule has 0 aliphatic heterocycles. The standard InChI is InChI=1S/C17H25FO/c1-3-5-14-6-4-10-17(19,11-9-14)15-8-7-13(2)16(18)12-15/h7-8,12,14,19H,3-6,9-11H2,1-2H3. The first kappa shape index (κ1) is 14.5. The van der Waals surface area contributed by atoms with Crippen molar-refractivity contribution in [1.29, 1.82) is 0 Å². The van der Waals surface area contributed by atoms with Crippen LogP contribution in [0, 0.1) is 18.7 Å². The minimum atomic E-state index is -0.822. The van der Waals surface area contributed by atoms with E-state index in [1.165, 1.54) is 25.3 Å². The van der Waals surface area contributed by atoms with Crippen LogP contribution in [0.1, 0.15) is 63.0 Å². The van der Waals surface area contributed by atoms with Crippen LogP contribution in [0.5, 0.6) is 0 Å². The number of halogens is 1. The Hall–Kier alpha value is -0.890. The van der Waals surface area contributed by atoms with Crippen molar-refractivity contribution in [3.63, 3.8) is 0 Å². The monoisotopic (exact) mass is 264 g/mol. The van der Waals surface area contributed by atoms with Crippen LogP contribution in [0.3, 0.4) is 0 Å². The molecule has 1 aliphatic rings. The third-order valence-electron chi connectivity index (χ3n) is 4.57. The lowest BCUT2D eigenvalue weighted by molar-refractivity contribution is 0.0192. The lowest BCUT2D eigenvalue weighted by Gasteiger charge is -2.27. The van der Waals surface area contributed by atoms with E-state index in [4.69, 9.17) is 0 Å². The highest BCUT2D eigenvalue weighted by atomic mass is 19.1. The molecule has 0 aromatic heterocycles. The van der Waals surface area contributed by atoms with Crippen molar-refractivity contribution < 1.29 is 9.50 Å². The molecule has 0 saturated heterocycles. The highest BCUT2D eigenvalue weighted by Gasteiger charge is 2.32. The normalized spacial score (nSPS) is 28.1. The zero-order valence-electron chi connectivity index (χ0n) is 12.1. The fraction of sp³-hybridized carbons (Fsp3) is 0.647. The Kier molecular flexibility index (Phi) is 4.62. The zero-order chi connectivity index (χ0) is 13.9. The summed E-state index contributed by atoms with van der Waals surface area (Å²) < 4.78 is 13.7. The molecule has 0 bridgehead atoms. The van der Waals surface area contributed by atoms with Gasteiger partial charge in [-0.1, -0.05) is 38.3 Å². The van der Waals surface area contributed by atoms with Gasteiger partial charge in [-0.05, 0) is 55.7 Å². The lowest BCUT2D eigenvalue weighted by atomic mass is 9.85. The number of aryl methyl sites for hydroxylation is 1. The van der Waals surface area contributed by atoms with Gasteiger partial charge in [0.1, 0.15) is 5.82 Å². The third kappa shape index (κ3) is 3.36. The van der Waals surface area contributed by atoms with Crippen LogP contribution in [-0.4, -0.2) is 5.11 Å². The summed E-state index contributed by atoms with van der Waals surface area (Å²) in [5.41, 5.74) is 0.578. The highest BCUT2D eigenvalue weighted by molar-refractivity contribution is 5.28. The number of hydrogen-bond acceptors (Lipinski definition) is 1. The highest BCUT2D eigenvalue weighted by Crippen LogP contribution is 2.39. The summed E-state index contributed by atoms with van der Waals surface area (Å²) in [4.78, 5) is 0. The van der Waals surface area contributed by atoms with Crippen molar-refractivity contribution in [2.24, 2.45) is 5.92 Å². The van der Waals surface area contributed by atoms with Crippen LogP contribution >= 0.6 is 0 Å². The van der Waals surface area contributed by atoms with E-state index in [-0.39, 0.29) is 5.82 Å². The van der Waals surface area contributed by atoms with Gasteiger partial charge in [0, 0.05) is 0 Å². The quantitative estimate of drug-likeness (QED) is 0.784. The second kappa shape index (κ2) is 6.04. The molecular weight excluding hydrogens is 239 g/mol. The minimum Gasteiger partial charge on any atom is -0.385 e. The van der Waals surface area contributed by atoms with E-state index in [1.54, 1.807) is 13.0 Å². The van der Waals surface area contributed by atoms with Crippen molar-refractivity contribution in [2.75, 3.05) is 0 Å². The van der Waals surface area contributed by atoms with Crippen molar-refractivity contribution >= 4 is 0 Å². The van der Waals surface area contributed by atoms with Gasteiger partial charge < -0.3 is 5.11 Å². The topological polar surface area (TPSA) is 20.2 Å². The van der Waals surface area contributed by atoms with Gasteiger partial charge in [-0.15, -0.1) is 0 Å². The number of benzene rings is 1. The SMILES string of the molecule is CCCC1CCCC(O)(c2ccc(C)c(F)c2)CC1. The van der Waals surface area contributed by atoms with Gasteiger partial charge in [0.25, 0.3) is 0 Å². The van der Waals surface area contributed by atoms with E-state index >= 15 is 0 Å². The fourth-order valence-corrected chi connectivity index (χ4v) is 3.26. The number of aliphatic hydroxyl groups is 1. The van der Waals surface area contributed by atoms with Gasteiger partial charge in [0.15, 0.2) is 0 Å². The zero-order valence-corrected chi connectivity index (χ0v) is 12.1. The van der Waals surface area contributed by atoms with Crippen molar-refractivity contribution in [3.05, 3.63) is 35.1 Å². The summed E-state index contributed by atoms with van der Waals surface area (Å²) in [6, 6.07) is 5.19. The molecule has 2 rings (SSSR count). The summed E-state index contributed by atoms with van der Waals surface area (Å²) >= 11 is 0. The summed E-state index contributed by atoms with van der Waals surface area (Å²) in [6.45, 7) is 3.97. The molecule has 0 radical (unpaired) electrons. The predicted octanol–water partition coefficient (Wildman–Crippen LogP) is 4.70. The van der Waals surface area contributed by atoms with Gasteiger partial charge in [-0.3, -0.25) is 0 Å². The average Bonchev–Trinajstić information content (AvgIpc) is 2.57. The molecule has 1 N–H and O–H groups in total. The molecule has 1 aromatic rings. The molecule has 1 saturated carbocycles. The molecule has 1 fully saturated rings. The van der Waals surface area contributed by atoms with Crippen LogP contribution < -0.4 is 0 Å². The molecule has 0 heterocycles. The maximum Gasteiger partial charge on any atom is 0.126 e. The van der Waals surface area contributed by atoms with Crippen LogP contribution in [-0.2, 0) is 5.60 Å². The van der Waals surface area contributed by atoms with E-state index in [2.05, 4.69) is 6.92 Å². The summed E-state index contributed by atoms with van der Waals surface area (Å²) in [5.74, 6) is 0.523. The Morgan fingerprint density at radius 2 is 2.11 bits per heavy atom. The number of rotatable bonds is 3. The van der Waals surface area contributed by atoms with Gasteiger partial charge in [0.2, 0.25) is 0 Å². The van der Waals surface area contributed by atoms with Crippen LogP contribution in [0.2, 0.25) is 0 Å². The Morgan fingerprint density at radius 1 is 1.32 bits per heavy atom. The first-order chi connectivity index (χ1) is 9.05. The van der Waals surface area contributed by atoms with Gasteiger partial charge in [-0.2, -0.15) is 0 Å². The summed E-state index contributed by atoms with van der Waals surface area (Å²) in [5, 5.41) is 10.9. The molecule has 2 heteroatoms. The lowest BCUT2D eigenvalue weighted by Crippen LogP contribution is -2.25. The molecule has 1 nitrogen and oxygen atoms in total. The van der Waals surface area contributed by atoms with E-state index in [9.17, 15) is 9.50 Å². The van der Waals surface area contributed by atoms with E-state index < -0.39 is 5.60 Å². The van der Waals surface area contributed by atoms with Crippen LogP contribution in [0.15, 0.2) is 18.2 Å². The molecule has 0 spiro atoms. The smallest absolute Gasteiger partial charge is 0.126 e.